The van der Waals surface area contributed by atoms with Crippen molar-refractivity contribution < 1.29 is 15.3 Å². The zero-order valence-electron chi connectivity index (χ0n) is 10.2. The highest BCUT2D eigenvalue weighted by molar-refractivity contribution is 5.45. The van der Waals surface area contributed by atoms with E-state index in [1.54, 1.807) is 31.2 Å². The number of phenolic OH excluding ortho intramolecular Hbond substituents is 3. The highest BCUT2D eigenvalue weighted by Crippen LogP contribution is 2.28. The molecule has 0 fully saturated rings. The summed E-state index contributed by atoms with van der Waals surface area (Å²) in [5, 5.41) is 28.9. The van der Waals surface area contributed by atoms with Gasteiger partial charge in [-0.3, -0.25) is 0 Å². The third-order valence-corrected chi connectivity index (χ3v) is 3.09. The Balaban J connectivity index is 2.14. The molecule has 0 amide bonds. The smallest absolute Gasteiger partial charge is 0.122 e. The van der Waals surface area contributed by atoms with E-state index in [1.807, 2.05) is 12.1 Å². The Bertz CT molecular complexity index is 538. The Morgan fingerprint density at radius 3 is 2.06 bits per heavy atom. The van der Waals surface area contributed by atoms with E-state index in [2.05, 4.69) is 0 Å². The number of hydrogen-bond donors (Lipinski definition) is 3. The van der Waals surface area contributed by atoms with Crippen LogP contribution in [0.3, 0.4) is 0 Å². The average Bonchev–Trinajstić information content (AvgIpc) is 2.35. The van der Waals surface area contributed by atoms with Crippen molar-refractivity contribution in [1.29, 1.82) is 0 Å². The molecule has 0 heterocycles. The predicted molar refractivity (Wildman–Crippen MR) is 70.0 cm³/mol. The maximum atomic E-state index is 9.64. The van der Waals surface area contributed by atoms with Crippen molar-refractivity contribution >= 4 is 0 Å². The van der Waals surface area contributed by atoms with Crippen LogP contribution < -0.4 is 0 Å². The van der Waals surface area contributed by atoms with Gasteiger partial charge in [0.2, 0.25) is 0 Å². The molecule has 2 aromatic rings. The van der Waals surface area contributed by atoms with E-state index in [9.17, 15) is 15.3 Å². The van der Waals surface area contributed by atoms with Gasteiger partial charge >= 0.3 is 0 Å². The number of phenols is 3. The van der Waals surface area contributed by atoms with Crippen LogP contribution in [0.1, 0.15) is 16.7 Å². The average molecular weight is 244 g/mol. The van der Waals surface area contributed by atoms with Gasteiger partial charge in [-0.25, -0.2) is 0 Å². The Labute approximate surface area is 106 Å². The second-order valence-electron chi connectivity index (χ2n) is 4.39. The first-order chi connectivity index (χ1) is 8.58. The van der Waals surface area contributed by atoms with Crippen molar-refractivity contribution in [3.8, 4) is 17.2 Å². The molecule has 2 rings (SSSR count). The fourth-order valence-electron chi connectivity index (χ4n) is 1.89. The van der Waals surface area contributed by atoms with Gasteiger partial charge in [-0.15, -0.1) is 0 Å². The number of aryl methyl sites for hydroxylation is 2. The lowest BCUT2D eigenvalue weighted by molar-refractivity contribution is 0.442. The number of rotatable bonds is 3. The molecule has 0 spiro atoms. The summed E-state index contributed by atoms with van der Waals surface area (Å²) < 4.78 is 0. The minimum absolute atomic E-state index is 0.0993. The molecule has 0 bridgehead atoms. The summed E-state index contributed by atoms with van der Waals surface area (Å²) in [5.41, 5.74) is 2.19. The molecular formula is C15H16O3. The van der Waals surface area contributed by atoms with E-state index in [-0.39, 0.29) is 17.2 Å². The first-order valence-corrected chi connectivity index (χ1v) is 5.86. The Kier molecular flexibility index (Phi) is 3.42. The van der Waals surface area contributed by atoms with Crippen molar-refractivity contribution in [3.63, 3.8) is 0 Å². The van der Waals surface area contributed by atoms with Gasteiger partial charge in [-0.2, -0.15) is 0 Å². The minimum Gasteiger partial charge on any atom is -0.508 e. The topological polar surface area (TPSA) is 60.7 Å². The van der Waals surface area contributed by atoms with E-state index in [0.717, 1.165) is 11.1 Å². The first-order valence-electron chi connectivity index (χ1n) is 5.86. The van der Waals surface area contributed by atoms with Crippen LogP contribution in [0.25, 0.3) is 0 Å². The third-order valence-electron chi connectivity index (χ3n) is 3.09. The molecule has 94 valence electrons. The maximum absolute atomic E-state index is 9.64. The van der Waals surface area contributed by atoms with Gasteiger partial charge in [-0.1, -0.05) is 18.2 Å². The zero-order chi connectivity index (χ0) is 13.1. The van der Waals surface area contributed by atoms with Crippen LogP contribution >= 0.6 is 0 Å². The first kappa shape index (κ1) is 12.3. The SMILES string of the molecule is Cc1c(O)cc(CCc2ccccc2O)cc1O. The van der Waals surface area contributed by atoms with Crippen LogP contribution in [-0.2, 0) is 12.8 Å². The van der Waals surface area contributed by atoms with Crippen LogP contribution in [0.15, 0.2) is 36.4 Å². The van der Waals surface area contributed by atoms with Crippen molar-refractivity contribution in [3.05, 3.63) is 53.1 Å². The molecule has 0 atom stereocenters. The molecule has 0 aliphatic heterocycles. The molecule has 0 aromatic heterocycles. The lowest BCUT2D eigenvalue weighted by atomic mass is 10.0. The maximum Gasteiger partial charge on any atom is 0.122 e. The lowest BCUT2D eigenvalue weighted by Gasteiger charge is -2.08. The van der Waals surface area contributed by atoms with Crippen LogP contribution in [0.5, 0.6) is 17.2 Å². The summed E-state index contributed by atoms with van der Waals surface area (Å²) in [7, 11) is 0. The number of para-hydroxylation sites is 1. The monoisotopic (exact) mass is 244 g/mol. The second kappa shape index (κ2) is 5.00. The van der Waals surface area contributed by atoms with Crippen LogP contribution in [0.4, 0.5) is 0 Å². The van der Waals surface area contributed by atoms with Crippen molar-refractivity contribution in [2.75, 3.05) is 0 Å². The largest absolute Gasteiger partial charge is 0.508 e. The normalized spacial score (nSPS) is 10.5. The lowest BCUT2D eigenvalue weighted by Crippen LogP contribution is -1.92. The van der Waals surface area contributed by atoms with Gasteiger partial charge < -0.3 is 15.3 Å². The number of hydrogen-bond acceptors (Lipinski definition) is 3. The molecule has 3 N–H and O–H groups in total. The van der Waals surface area contributed by atoms with Gasteiger partial charge in [0, 0.05) is 5.56 Å². The molecule has 0 aliphatic rings. The molecule has 3 heteroatoms. The van der Waals surface area contributed by atoms with E-state index >= 15 is 0 Å². The molecular weight excluding hydrogens is 228 g/mol. The van der Waals surface area contributed by atoms with E-state index in [1.165, 1.54) is 0 Å². The fourth-order valence-corrected chi connectivity index (χ4v) is 1.89. The van der Waals surface area contributed by atoms with Gasteiger partial charge in [0.15, 0.2) is 0 Å². The molecule has 0 radical (unpaired) electrons. The van der Waals surface area contributed by atoms with Gasteiger partial charge in [0.1, 0.15) is 17.2 Å². The van der Waals surface area contributed by atoms with Crippen molar-refractivity contribution in [2.45, 2.75) is 19.8 Å². The highest BCUT2D eigenvalue weighted by Gasteiger charge is 2.06. The zero-order valence-corrected chi connectivity index (χ0v) is 10.2. The summed E-state index contributed by atoms with van der Waals surface area (Å²) >= 11 is 0. The molecule has 0 unspecified atom stereocenters. The molecule has 0 saturated carbocycles. The minimum atomic E-state index is 0.0993. The van der Waals surface area contributed by atoms with Crippen LogP contribution in [0.2, 0.25) is 0 Å². The molecule has 2 aromatic carbocycles. The van der Waals surface area contributed by atoms with E-state index < -0.39 is 0 Å². The standard InChI is InChI=1S/C15H16O3/c1-10-14(17)8-11(9-15(10)18)6-7-12-4-2-3-5-13(12)16/h2-5,8-9,16-18H,6-7H2,1H3. The van der Waals surface area contributed by atoms with E-state index in [0.29, 0.717) is 18.4 Å². The second-order valence-corrected chi connectivity index (χ2v) is 4.39. The number of benzene rings is 2. The van der Waals surface area contributed by atoms with E-state index in [4.69, 9.17) is 0 Å². The van der Waals surface area contributed by atoms with Crippen molar-refractivity contribution in [1.82, 2.24) is 0 Å². The Hall–Kier alpha value is -2.16. The highest BCUT2D eigenvalue weighted by atomic mass is 16.3. The summed E-state index contributed by atoms with van der Waals surface area (Å²) in [6, 6.07) is 10.5. The summed E-state index contributed by atoms with van der Waals surface area (Å²) in [6.45, 7) is 1.66. The van der Waals surface area contributed by atoms with Crippen LogP contribution in [0, 0.1) is 6.92 Å². The summed E-state index contributed by atoms with van der Waals surface area (Å²) in [4.78, 5) is 0. The van der Waals surface area contributed by atoms with Crippen molar-refractivity contribution in [2.24, 2.45) is 0 Å². The molecule has 3 nitrogen and oxygen atoms in total. The summed E-state index contributed by atoms with van der Waals surface area (Å²) in [5.74, 6) is 0.475. The van der Waals surface area contributed by atoms with Gasteiger partial charge in [-0.05, 0) is 49.1 Å². The molecule has 0 aliphatic carbocycles. The third kappa shape index (κ3) is 2.56. The molecule has 18 heavy (non-hydrogen) atoms. The number of aromatic hydroxyl groups is 3. The van der Waals surface area contributed by atoms with Gasteiger partial charge in [0.25, 0.3) is 0 Å². The Morgan fingerprint density at radius 1 is 0.833 bits per heavy atom. The predicted octanol–water partition coefficient (Wildman–Crippen LogP) is 2.90. The summed E-state index contributed by atoms with van der Waals surface area (Å²) in [6.07, 6.45) is 1.31. The quantitative estimate of drug-likeness (QED) is 0.778. The van der Waals surface area contributed by atoms with Crippen LogP contribution in [-0.4, -0.2) is 15.3 Å². The Morgan fingerprint density at radius 2 is 1.44 bits per heavy atom. The fraction of sp³-hybridized carbons (Fsp3) is 0.200. The van der Waals surface area contributed by atoms with Gasteiger partial charge in [0.05, 0.1) is 0 Å². The molecule has 0 saturated heterocycles.